The summed E-state index contributed by atoms with van der Waals surface area (Å²) in [5, 5.41) is 0. The zero-order valence-corrected chi connectivity index (χ0v) is 8.39. The number of amidine groups is 1. The van der Waals surface area contributed by atoms with E-state index >= 15 is 0 Å². The van der Waals surface area contributed by atoms with E-state index in [9.17, 15) is 0 Å². The molecule has 0 aromatic carbocycles. The molecule has 1 atom stereocenters. The standard InChI is InChI=1S/C9H20N2/c1-6-8(2)7-11(5)9(3)10-4/h8H,6-7H2,1-5H3. The third kappa shape index (κ3) is 4.02. The van der Waals surface area contributed by atoms with E-state index in [1.807, 2.05) is 14.0 Å². The molecule has 0 aliphatic carbocycles. The number of rotatable bonds is 3. The van der Waals surface area contributed by atoms with Gasteiger partial charge < -0.3 is 4.90 Å². The molecule has 0 fully saturated rings. The Morgan fingerprint density at radius 1 is 1.55 bits per heavy atom. The van der Waals surface area contributed by atoms with Gasteiger partial charge in [-0.05, 0) is 12.8 Å². The van der Waals surface area contributed by atoms with Crippen molar-refractivity contribution in [2.45, 2.75) is 27.2 Å². The summed E-state index contributed by atoms with van der Waals surface area (Å²) in [4.78, 5) is 6.32. The van der Waals surface area contributed by atoms with Crippen molar-refractivity contribution in [3.05, 3.63) is 0 Å². The molecule has 0 bridgehead atoms. The fourth-order valence-electron chi connectivity index (χ4n) is 0.899. The fourth-order valence-corrected chi connectivity index (χ4v) is 0.899. The van der Waals surface area contributed by atoms with Crippen molar-refractivity contribution < 1.29 is 0 Å². The van der Waals surface area contributed by atoms with E-state index in [2.05, 4.69) is 30.8 Å². The summed E-state index contributed by atoms with van der Waals surface area (Å²) in [6, 6.07) is 0. The Balaban J connectivity index is 3.77. The van der Waals surface area contributed by atoms with E-state index in [4.69, 9.17) is 0 Å². The highest BCUT2D eigenvalue weighted by Gasteiger charge is 2.04. The van der Waals surface area contributed by atoms with Crippen LogP contribution in [0.4, 0.5) is 0 Å². The molecule has 0 heterocycles. The smallest absolute Gasteiger partial charge is 0.0951 e. The van der Waals surface area contributed by atoms with Crippen LogP contribution in [0.2, 0.25) is 0 Å². The Morgan fingerprint density at radius 3 is 2.45 bits per heavy atom. The second-order valence-corrected chi connectivity index (χ2v) is 3.16. The first-order chi connectivity index (χ1) is 5.11. The minimum atomic E-state index is 0.761. The summed E-state index contributed by atoms with van der Waals surface area (Å²) in [7, 11) is 3.93. The Kier molecular flexibility index (Phi) is 4.92. The minimum absolute atomic E-state index is 0.761. The molecule has 0 amide bonds. The van der Waals surface area contributed by atoms with Crippen LogP contribution in [-0.4, -0.2) is 31.4 Å². The predicted molar refractivity (Wildman–Crippen MR) is 51.1 cm³/mol. The molecule has 11 heavy (non-hydrogen) atoms. The van der Waals surface area contributed by atoms with Gasteiger partial charge in [0, 0.05) is 20.6 Å². The monoisotopic (exact) mass is 156 g/mol. The van der Waals surface area contributed by atoms with E-state index in [-0.39, 0.29) is 0 Å². The van der Waals surface area contributed by atoms with Crippen molar-refractivity contribution in [2.24, 2.45) is 10.9 Å². The molecule has 1 unspecified atom stereocenters. The molecular weight excluding hydrogens is 136 g/mol. The molecule has 0 aromatic rings. The summed E-state index contributed by atoms with van der Waals surface area (Å²) >= 11 is 0. The van der Waals surface area contributed by atoms with Gasteiger partial charge in [0.15, 0.2) is 0 Å². The first kappa shape index (κ1) is 10.5. The molecule has 0 saturated heterocycles. The van der Waals surface area contributed by atoms with E-state index in [0.29, 0.717) is 0 Å². The van der Waals surface area contributed by atoms with Crippen LogP contribution in [0.5, 0.6) is 0 Å². The molecule has 66 valence electrons. The molecule has 2 nitrogen and oxygen atoms in total. The van der Waals surface area contributed by atoms with E-state index in [1.54, 1.807) is 0 Å². The molecule has 0 aliphatic heterocycles. The van der Waals surface area contributed by atoms with Crippen LogP contribution >= 0.6 is 0 Å². The summed E-state index contributed by atoms with van der Waals surface area (Å²) in [5.74, 6) is 1.88. The largest absolute Gasteiger partial charge is 0.363 e. The lowest BCUT2D eigenvalue weighted by molar-refractivity contribution is 0.394. The van der Waals surface area contributed by atoms with Crippen LogP contribution in [-0.2, 0) is 0 Å². The molecule has 0 saturated carbocycles. The highest BCUT2D eigenvalue weighted by Crippen LogP contribution is 2.02. The number of hydrogen-bond acceptors (Lipinski definition) is 1. The van der Waals surface area contributed by atoms with Gasteiger partial charge in [0.2, 0.25) is 0 Å². The first-order valence-corrected chi connectivity index (χ1v) is 4.26. The van der Waals surface area contributed by atoms with E-state index in [1.165, 1.54) is 6.42 Å². The second-order valence-electron chi connectivity index (χ2n) is 3.16. The summed E-state index contributed by atoms with van der Waals surface area (Å²) in [5.41, 5.74) is 0. The van der Waals surface area contributed by atoms with Gasteiger partial charge in [-0.25, -0.2) is 0 Å². The summed E-state index contributed by atoms with van der Waals surface area (Å²) in [6.45, 7) is 7.64. The zero-order chi connectivity index (χ0) is 8.85. The van der Waals surface area contributed by atoms with Crippen molar-refractivity contribution >= 4 is 5.84 Å². The first-order valence-electron chi connectivity index (χ1n) is 4.26. The van der Waals surface area contributed by atoms with Gasteiger partial charge in [-0.15, -0.1) is 0 Å². The van der Waals surface area contributed by atoms with Crippen molar-refractivity contribution in [3.8, 4) is 0 Å². The maximum absolute atomic E-state index is 4.12. The van der Waals surface area contributed by atoms with Crippen LogP contribution in [0.1, 0.15) is 27.2 Å². The maximum atomic E-state index is 4.12. The van der Waals surface area contributed by atoms with Crippen LogP contribution in [0.25, 0.3) is 0 Å². The highest BCUT2D eigenvalue weighted by molar-refractivity contribution is 5.79. The third-order valence-corrected chi connectivity index (χ3v) is 2.16. The van der Waals surface area contributed by atoms with E-state index < -0.39 is 0 Å². The molecule has 2 heteroatoms. The molecule has 0 radical (unpaired) electrons. The van der Waals surface area contributed by atoms with Gasteiger partial charge in [-0.3, -0.25) is 4.99 Å². The Labute approximate surface area is 70.3 Å². The van der Waals surface area contributed by atoms with Gasteiger partial charge in [0.05, 0.1) is 5.84 Å². The van der Waals surface area contributed by atoms with Crippen molar-refractivity contribution in [2.75, 3.05) is 20.6 Å². The van der Waals surface area contributed by atoms with Gasteiger partial charge in [0.1, 0.15) is 0 Å². The fraction of sp³-hybridized carbons (Fsp3) is 0.889. The van der Waals surface area contributed by atoms with Crippen LogP contribution in [0, 0.1) is 5.92 Å². The molecule has 0 spiro atoms. The highest BCUT2D eigenvalue weighted by atomic mass is 15.1. The van der Waals surface area contributed by atoms with Crippen LogP contribution in [0.3, 0.4) is 0 Å². The van der Waals surface area contributed by atoms with Crippen molar-refractivity contribution in [1.82, 2.24) is 4.90 Å². The van der Waals surface area contributed by atoms with Crippen molar-refractivity contribution in [3.63, 3.8) is 0 Å². The average molecular weight is 156 g/mol. The van der Waals surface area contributed by atoms with Gasteiger partial charge in [0.25, 0.3) is 0 Å². The summed E-state index contributed by atoms with van der Waals surface area (Å²) in [6.07, 6.45) is 1.24. The van der Waals surface area contributed by atoms with Gasteiger partial charge >= 0.3 is 0 Å². The lowest BCUT2D eigenvalue weighted by Gasteiger charge is -2.21. The second kappa shape index (κ2) is 5.16. The molecule has 0 aromatic heterocycles. The quantitative estimate of drug-likeness (QED) is 0.451. The third-order valence-electron chi connectivity index (χ3n) is 2.16. The Bertz CT molecular complexity index is 130. The Morgan fingerprint density at radius 2 is 2.09 bits per heavy atom. The van der Waals surface area contributed by atoms with Crippen molar-refractivity contribution in [1.29, 1.82) is 0 Å². The lowest BCUT2D eigenvalue weighted by atomic mass is 10.1. The number of aliphatic imine (C=N–C) groups is 1. The normalized spacial score (nSPS) is 14.8. The van der Waals surface area contributed by atoms with Gasteiger partial charge in [-0.2, -0.15) is 0 Å². The predicted octanol–water partition coefficient (Wildman–Crippen LogP) is 2.01. The minimum Gasteiger partial charge on any atom is -0.363 e. The average Bonchev–Trinajstić information content (AvgIpc) is 2.02. The lowest BCUT2D eigenvalue weighted by Crippen LogP contribution is -2.28. The molecule has 0 aliphatic rings. The zero-order valence-electron chi connectivity index (χ0n) is 8.39. The van der Waals surface area contributed by atoms with Crippen LogP contribution in [0.15, 0.2) is 4.99 Å². The van der Waals surface area contributed by atoms with Crippen LogP contribution < -0.4 is 0 Å². The summed E-state index contributed by atoms with van der Waals surface area (Å²) < 4.78 is 0. The number of nitrogens with zero attached hydrogens (tertiary/aromatic N) is 2. The molecule has 0 rings (SSSR count). The van der Waals surface area contributed by atoms with Gasteiger partial charge in [-0.1, -0.05) is 20.3 Å². The maximum Gasteiger partial charge on any atom is 0.0951 e. The SMILES string of the molecule is CCC(C)CN(C)C(C)=NC. The molecule has 0 N–H and O–H groups in total. The number of hydrogen-bond donors (Lipinski definition) is 0. The van der Waals surface area contributed by atoms with E-state index in [0.717, 1.165) is 18.3 Å². The Hall–Kier alpha value is -0.530. The molecular formula is C9H20N2. The topological polar surface area (TPSA) is 15.6 Å².